The highest BCUT2D eigenvalue weighted by atomic mass is 32.2. The van der Waals surface area contributed by atoms with E-state index in [-0.39, 0.29) is 29.2 Å². The van der Waals surface area contributed by atoms with Gasteiger partial charge in [0.2, 0.25) is 5.91 Å². The second kappa shape index (κ2) is 8.34. The molecule has 3 atom stereocenters. The number of rotatable bonds is 3. The largest absolute Gasteiger partial charge is 0.350 e. The number of aromatic nitrogens is 4. The quantitative estimate of drug-likeness (QED) is 0.585. The molecule has 0 aliphatic carbocycles. The predicted molar refractivity (Wildman–Crippen MR) is 138 cm³/mol. The lowest BCUT2D eigenvalue weighted by molar-refractivity contribution is -0.137. The molecule has 2 fully saturated rings. The maximum atomic E-state index is 13.3. The van der Waals surface area contributed by atoms with Gasteiger partial charge in [-0.25, -0.2) is 18.4 Å². The molecule has 11 nitrogen and oxygen atoms in total. The predicted octanol–water partition coefficient (Wildman–Crippen LogP) is 1.88. The lowest BCUT2D eigenvalue weighted by atomic mass is 9.87. The molecule has 37 heavy (non-hydrogen) atoms. The Balaban J connectivity index is 1.47. The molecule has 0 saturated carbocycles. The van der Waals surface area contributed by atoms with Gasteiger partial charge in [0.1, 0.15) is 28.8 Å². The maximum absolute atomic E-state index is 13.3. The number of amides is 1. The zero-order chi connectivity index (χ0) is 26.9. The van der Waals surface area contributed by atoms with Gasteiger partial charge in [-0.05, 0) is 45.7 Å². The van der Waals surface area contributed by atoms with Gasteiger partial charge in [-0.1, -0.05) is 13.8 Å². The Hall–Kier alpha value is -3.33. The molecule has 12 heteroatoms. The average molecular weight is 525 g/mol. The van der Waals surface area contributed by atoms with E-state index in [0.717, 1.165) is 22.8 Å². The molecule has 2 aromatic rings. The summed E-state index contributed by atoms with van der Waals surface area (Å²) in [5.74, 6) is 1.96. The molecule has 1 unspecified atom stereocenters. The third-order valence-electron chi connectivity index (χ3n) is 8.15. The monoisotopic (exact) mass is 524 g/mol. The van der Waals surface area contributed by atoms with E-state index in [1.807, 2.05) is 31.7 Å². The topological polar surface area (TPSA) is 136 Å². The fourth-order valence-corrected chi connectivity index (χ4v) is 7.20. The standard InChI is InChI=1S/C25H32N8O3S/c1-15-9-19(30-29-18(15)10-26)33-13-24(4,5)20-21(27-14-28-22(20)33)31-11-17(3)32(12-16(31)2)23(34)25(6)7-8-37(25,35)36/h9,14,16-17H,7-8,11-13H2,1-6H3/t16-,17+,25?/m0/s1. The van der Waals surface area contributed by atoms with Crippen LogP contribution in [0.25, 0.3) is 0 Å². The molecule has 2 saturated heterocycles. The zero-order valence-electron chi connectivity index (χ0n) is 22.1. The highest BCUT2D eigenvalue weighted by Gasteiger charge is 2.57. The SMILES string of the molecule is Cc1cc(N2CC(C)(C)c3c2ncnc3N2C[C@@H](C)N(C(=O)C3(C)CCS3(=O)=O)C[C@@H]2C)nnc1C#N. The van der Waals surface area contributed by atoms with Gasteiger partial charge >= 0.3 is 0 Å². The van der Waals surface area contributed by atoms with Crippen LogP contribution in [0.5, 0.6) is 0 Å². The van der Waals surface area contributed by atoms with Crippen molar-refractivity contribution in [3.63, 3.8) is 0 Å². The van der Waals surface area contributed by atoms with E-state index in [9.17, 15) is 18.5 Å². The Morgan fingerprint density at radius 3 is 2.41 bits per heavy atom. The molecule has 3 aliphatic rings. The molecule has 5 rings (SSSR count). The van der Waals surface area contributed by atoms with E-state index >= 15 is 0 Å². The summed E-state index contributed by atoms with van der Waals surface area (Å²) in [5, 5.41) is 17.6. The van der Waals surface area contributed by atoms with Gasteiger partial charge in [-0.2, -0.15) is 5.26 Å². The van der Waals surface area contributed by atoms with Gasteiger partial charge in [-0.3, -0.25) is 4.79 Å². The number of sulfone groups is 1. The molecular formula is C25H32N8O3S. The number of aryl methyl sites for hydroxylation is 1. The van der Waals surface area contributed by atoms with Crippen LogP contribution in [0.2, 0.25) is 0 Å². The minimum absolute atomic E-state index is 0.0704. The lowest BCUT2D eigenvalue weighted by Crippen LogP contribution is -2.66. The number of carbonyl (C=O) groups excluding carboxylic acids is 1. The summed E-state index contributed by atoms with van der Waals surface area (Å²) in [5.41, 5.74) is 1.73. The Morgan fingerprint density at radius 2 is 1.81 bits per heavy atom. The first-order chi connectivity index (χ1) is 17.3. The van der Waals surface area contributed by atoms with Gasteiger partial charge in [0.15, 0.2) is 21.3 Å². The third kappa shape index (κ3) is 3.74. The van der Waals surface area contributed by atoms with Crippen molar-refractivity contribution in [2.75, 3.05) is 35.2 Å². The normalized spacial score (nSPS) is 27.9. The van der Waals surface area contributed by atoms with Crippen LogP contribution in [-0.4, -0.2) is 81.6 Å². The Bertz CT molecular complexity index is 1440. The van der Waals surface area contributed by atoms with Crippen LogP contribution in [0.3, 0.4) is 0 Å². The van der Waals surface area contributed by atoms with Crippen molar-refractivity contribution < 1.29 is 13.2 Å². The number of anilines is 3. The fraction of sp³-hybridized carbons (Fsp3) is 0.600. The summed E-state index contributed by atoms with van der Waals surface area (Å²) in [7, 11) is -3.40. The van der Waals surface area contributed by atoms with E-state index in [4.69, 9.17) is 4.98 Å². The Kier molecular flexibility index (Phi) is 5.71. The molecule has 0 N–H and O–H groups in total. The van der Waals surface area contributed by atoms with Gasteiger partial charge in [-0.15, -0.1) is 10.2 Å². The van der Waals surface area contributed by atoms with Crippen molar-refractivity contribution in [3.8, 4) is 6.07 Å². The van der Waals surface area contributed by atoms with Crippen molar-refractivity contribution in [2.45, 2.75) is 70.2 Å². The number of fused-ring (bicyclic) bond motifs is 1. The zero-order valence-corrected chi connectivity index (χ0v) is 22.9. The first-order valence-corrected chi connectivity index (χ1v) is 14.1. The highest BCUT2D eigenvalue weighted by Crippen LogP contribution is 2.47. The van der Waals surface area contributed by atoms with Gasteiger partial charge in [0.05, 0.1) is 5.75 Å². The van der Waals surface area contributed by atoms with Crippen LogP contribution in [0.15, 0.2) is 12.4 Å². The van der Waals surface area contributed by atoms with Crippen molar-refractivity contribution in [3.05, 3.63) is 29.2 Å². The van der Waals surface area contributed by atoms with Gasteiger partial charge in [0, 0.05) is 42.7 Å². The first kappa shape index (κ1) is 25.3. The number of carbonyl (C=O) groups is 1. The van der Waals surface area contributed by atoms with Gasteiger partial charge < -0.3 is 14.7 Å². The summed E-state index contributed by atoms with van der Waals surface area (Å²) < 4.78 is 23.5. The van der Waals surface area contributed by atoms with Crippen molar-refractivity contribution in [2.24, 2.45) is 0 Å². The summed E-state index contributed by atoms with van der Waals surface area (Å²) in [6, 6.07) is 3.64. The molecule has 1 amide bonds. The first-order valence-electron chi connectivity index (χ1n) is 12.5. The molecule has 0 bridgehead atoms. The fourth-order valence-electron chi connectivity index (χ4n) is 5.67. The minimum Gasteiger partial charge on any atom is -0.350 e. The smallest absolute Gasteiger partial charge is 0.244 e. The van der Waals surface area contributed by atoms with Crippen LogP contribution in [-0.2, 0) is 20.0 Å². The summed E-state index contributed by atoms with van der Waals surface area (Å²) in [4.78, 5) is 28.6. The van der Waals surface area contributed by atoms with Gasteiger partial charge in [0.25, 0.3) is 0 Å². The maximum Gasteiger partial charge on any atom is 0.244 e. The molecular weight excluding hydrogens is 492 g/mol. The molecule has 5 heterocycles. The number of nitrogens with zero attached hydrogens (tertiary/aromatic N) is 8. The van der Waals surface area contributed by atoms with Crippen molar-refractivity contribution in [1.29, 1.82) is 5.26 Å². The van der Waals surface area contributed by atoms with E-state index in [1.54, 1.807) is 18.2 Å². The Morgan fingerprint density at radius 1 is 1.11 bits per heavy atom. The second-order valence-electron chi connectivity index (χ2n) is 11.3. The van der Waals surface area contributed by atoms with Crippen LogP contribution in [0.1, 0.15) is 57.9 Å². The molecule has 0 radical (unpaired) electrons. The Labute approximate surface area is 217 Å². The van der Waals surface area contributed by atoms with E-state index in [1.165, 1.54) is 0 Å². The van der Waals surface area contributed by atoms with E-state index in [0.29, 0.717) is 37.6 Å². The molecule has 196 valence electrons. The number of hydrogen-bond acceptors (Lipinski definition) is 10. The summed E-state index contributed by atoms with van der Waals surface area (Å²) in [6.45, 7) is 13.2. The third-order valence-corrected chi connectivity index (χ3v) is 10.6. The highest BCUT2D eigenvalue weighted by molar-refractivity contribution is 7.95. The minimum atomic E-state index is -3.40. The summed E-state index contributed by atoms with van der Waals surface area (Å²) in [6.07, 6.45) is 1.92. The van der Waals surface area contributed by atoms with E-state index in [2.05, 4.69) is 40.0 Å². The number of nitriles is 1. The molecule has 2 aromatic heterocycles. The molecule has 3 aliphatic heterocycles. The second-order valence-corrected chi connectivity index (χ2v) is 13.9. The average Bonchev–Trinajstić information content (AvgIpc) is 3.14. The van der Waals surface area contributed by atoms with Crippen LogP contribution in [0.4, 0.5) is 17.5 Å². The molecule has 0 spiro atoms. The number of hydrogen-bond donors (Lipinski definition) is 0. The number of piperazine rings is 1. The van der Waals surface area contributed by atoms with Crippen LogP contribution >= 0.6 is 0 Å². The lowest BCUT2D eigenvalue weighted by Gasteiger charge is -2.49. The summed E-state index contributed by atoms with van der Waals surface area (Å²) >= 11 is 0. The van der Waals surface area contributed by atoms with Crippen LogP contribution < -0.4 is 9.80 Å². The van der Waals surface area contributed by atoms with Crippen molar-refractivity contribution in [1.82, 2.24) is 25.1 Å². The van der Waals surface area contributed by atoms with Crippen molar-refractivity contribution >= 4 is 33.2 Å². The molecule has 0 aromatic carbocycles. The van der Waals surface area contributed by atoms with E-state index < -0.39 is 14.6 Å². The van der Waals surface area contributed by atoms with Crippen LogP contribution in [0, 0.1) is 18.3 Å².